The molecule has 1 aliphatic rings. The molecule has 0 saturated carbocycles. The second-order valence-electron chi connectivity index (χ2n) is 14.9. The SMILES string of the molecule is CCCNc1ccc2ccccc2c1C(C)(C/C=C/C=C1/N(CCC)c2ccc3ccccc3c2C1(C)Cc1ccccc1)Cc1ccccc1. The molecule has 0 amide bonds. The summed E-state index contributed by atoms with van der Waals surface area (Å²) >= 11 is 0. The van der Waals surface area contributed by atoms with Crippen molar-refractivity contribution in [2.45, 2.75) is 70.6 Å². The molecule has 2 unspecified atom stereocenters. The van der Waals surface area contributed by atoms with Crippen LogP contribution in [0.1, 0.15) is 69.2 Å². The van der Waals surface area contributed by atoms with Gasteiger partial charge in [0, 0.05) is 41.0 Å². The Morgan fingerprint density at radius 3 is 2.02 bits per heavy atom. The summed E-state index contributed by atoms with van der Waals surface area (Å²) in [6.07, 6.45) is 12.2. The highest BCUT2D eigenvalue weighted by Gasteiger charge is 2.44. The molecule has 258 valence electrons. The summed E-state index contributed by atoms with van der Waals surface area (Å²) in [7, 11) is 0. The van der Waals surface area contributed by atoms with Crippen LogP contribution in [0.5, 0.6) is 0 Å². The van der Waals surface area contributed by atoms with Crippen LogP contribution < -0.4 is 10.2 Å². The lowest BCUT2D eigenvalue weighted by Crippen LogP contribution is -2.31. The molecular weight excluding hydrogens is 617 g/mol. The second kappa shape index (κ2) is 15.0. The molecule has 7 rings (SSSR count). The maximum Gasteiger partial charge on any atom is 0.0457 e. The summed E-state index contributed by atoms with van der Waals surface area (Å²) in [6, 6.07) is 49.2. The van der Waals surface area contributed by atoms with Gasteiger partial charge in [-0.25, -0.2) is 0 Å². The molecule has 0 aromatic heterocycles. The van der Waals surface area contributed by atoms with Crippen molar-refractivity contribution >= 4 is 32.9 Å². The third kappa shape index (κ3) is 6.85. The van der Waals surface area contributed by atoms with E-state index >= 15 is 0 Å². The lowest BCUT2D eigenvalue weighted by atomic mass is 9.72. The first kappa shape index (κ1) is 34.4. The van der Waals surface area contributed by atoms with Gasteiger partial charge in [-0.2, -0.15) is 0 Å². The maximum absolute atomic E-state index is 3.82. The van der Waals surface area contributed by atoms with Gasteiger partial charge in [-0.1, -0.05) is 154 Å². The molecule has 2 atom stereocenters. The summed E-state index contributed by atoms with van der Waals surface area (Å²) in [5, 5.41) is 9.12. The number of rotatable bonds is 13. The molecule has 51 heavy (non-hydrogen) atoms. The van der Waals surface area contributed by atoms with Crippen LogP contribution >= 0.6 is 0 Å². The van der Waals surface area contributed by atoms with Crippen LogP contribution in [-0.2, 0) is 23.7 Å². The molecule has 0 spiro atoms. The van der Waals surface area contributed by atoms with Crippen LogP contribution in [0.25, 0.3) is 21.5 Å². The van der Waals surface area contributed by atoms with Crippen molar-refractivity contribution in [3.05, 3.63) is 180 Å². The summed E-state index contributed by atoms with van der Waals surface area (Å²) in [5.41, 5.74) is 9.26. The Kier molecular flexibility index (Phi) is 10.1. The standard InChI is InChI=1S/C49H52N2/c1-5-33-50-43-30-28-39-23-13-15-25-41(39)46(43)48(3,35-37-19-9-7-10-20-37)32-18-17-27-45-49(4,36-38-21-11-8-12-22-38)47-42-26-16-14-24-40(42)29-31-44(47)51(45)34-6-2/h7-31,50H,5-6,32-36H2,1-4H3/b18-17+,45-27+. The van der Waals surface area contributed by atoms with Crippen LogP contribution in [0.3, 0.4) is 0 Å². The molecule has 2 heteroatoms. The molecule has 6 aromatic carbocycles. The van der Waals surface area contributed by atoms with Gasteiger partial charge < -0.3 is 10.2 Å². The van der Waals surface area contributed by atoms with Crippen molar-refractivity contribution < 1.29 is 0 Å². The molecule has 0 saturated heterocycles. The molecular formula is C49H52N2. The molecule has 0 aliphatic carbocycles. The minimum absolute atomic E-state index is 0.140. The van der Waals surface area contributed by atoms with Gasteiger partial charge in [-0.05, 0) is 101 Å². The zero-order valence-electron chi connectivity index (χ0n) is 30.8. The molecule has 2 nitrogen and oxygen atoms in total. The highest BCUT2D eigenvalue weighted by atomic mass is 15.2. The van der Waals surface area contributed by atoms with Crippen molar-refractivity contribution in [3.8, 4) is 0 Å². The Balaban J connectivity index is 1.33. The summed E-state index contributed by atoms with van der Waals surface area (Å²) in [4.78, 5) is 2.61. The first-order valence-electron chi connectivity index (χ1n) is 19.0. The van der Waals surface area contributed by atoms with Crippen molar-refractivity contribution in [1.29, 1.82) is 0 Å². The van der Waals surface area contributed by atoms with Gasteiger partial charge in [0.2, 0.25) is 0 Å². The van der Waals surface area contributed by atoms with E-state index in [9.17, 15) is 0 Å². The van der Waals surface area contributed by atoms with Crippen molar-refractivity contribution in [2.75, 3.05) is 23.3 Å². The fourth-order valence-corrected chi connectivity index (χ4v) is 8.67. The molecule has 1 aliphatic heterocycles. The minimum Gasteiger partial charge on any atom is -0.385 e. The van der Waals surface area contributed by atoms with E-state index < -0.39 is 0 Å². The number of hydrogen-bond acceptors (Lipinski definition) is 2. The number of nitrogens with one attached hydrogen (secondary N) is 1. The Hall–Kier alpha value is -5.08. The Bertz CT molecular complexity index is 2160. The quantitative estimate of drug-likeness (QED) is 0.132. The normalized spacial score (nSPS) is 17.7. The van der Waals surface area contributed by atoms with Crippen LogP contribution in [-0.4, -0.2) is 13.1 Å². The lowest BCUT2D eigenvalue weighted by molar-refractivity contribution is 0.480. The average Bonchev–Trinajstić information content (AvgIpc) is 3.39. The predicted octanol–water partition coefficient (Wildman–Crippen LogP) is 12.6. The van der Waals surface area contributed by atoms with Gasteiger partial charge >= 0.3 is 0 Å². The van der Waals surface area contributed by atoms with E-state index in [-0.39, 0.29) is 10.8 Å². The molecule has 0 radical (unpaired) electrons. The molecule has 6 aromatic rings. The van der Waals surface area contributed by atoms with Crippen molar-refractivity contribution in [1.82, 2.24) is 0 Å². The first-order chi connectivity index (χ1) is 24.9. The monoisotopic (exact) mass is 668 g/mol. The van der Waals surface area contributed by atoms with Gasteiger partial charge in [-0.3, -0.25) is 0 Å². The third-order valence-electron chi connectivity index (χ3n) is 10.9. The number of nitrogens with zero attached hydrogens (tertiary/aromatic N) is 1. The van der Waals surface area contributed by atoms with Gasteiger partial charge in [0.15, 0.2) is 0 Å². The van der Waals surface area contributed by atoms with E-state index in [0.717, 1.165) is 45.2 Å². The van der Waals surface area contributed by atoms with Crippen molar-refractivity contribution in [3.63, 3.8) is 0 Å². The van der Waals surface area contributed by atoms with E-state index in [1.807, 2.05) is 0 Å². The number of anilines is 2. The molecule has 0 fully saturated rings. The van der Waals surface area contributed by atoms with E-state index in [1.54, 1.807) is 0 Å². The number of benzene rings is 6. The summed E-state index contributed by atoms with van der Waals surface area (Å²) in [6.45, 7) is 11.4. The highest BCUT2D eigenvalue weighted by molar-refractivity contribution is 5.95. The average molecular weight is 669 g/mol. The molecule has 1 heterocycles. The highest BCUT2D eigenvalue weighted by Crippen LogP contribution is 2.52. The maximum atomic E-state index is 3.82. The van der Waals surface area contributed by atoms with Crippen LogP contribution in [0.15, 0.2) is 157 Å². The number of fused-ring (bicyclic) bond motifs is 4. The zero-order valence-corrected chi connectivity index (χ0v) is 30.8. The Morgan fingerprint density at radius 1 is 0.686 bits per heavy atom. The zero-order chi connectivity index (χ0) is 35.3. The fraction of sp³-hybridized carbons (Fsp3) is 0.265. The van der Waals surface area contributed by atoms with Crippen LogP contribution in [0.4, 0.5) is 11.4 Å². The molecule has 1 N–H and O–H groups in total. The van der Waals surface area contributed by atoms with Crippen LogP contribution in [0, 0.1) is 0 Å². The smallest absolute Gasteiger partial charge is 0.0457 e. The Morgan fingerprint density at radius 2 is 1.31 bits per heavy atom. The number of hydrogen-bond donors (Lipinski definition) is 1. The fourth-order valence-electron chi connectivity index (χ4n) is 8.67. The Labute approximate surface area is 305 Å². The molecule has 0 bridgehead atoms. The first-order valence-corrected chi connectivity index (χ1v) is 19.0. The largest absolute Gasteiger partial charge is 0.385 e. The van der Waals surface area contributed by atoms with E-state index in [1.165, 1.54) is 60.9 Å². The van der Waals surface area contributed by atoms with E-state index in [0.29, 0.717) is 0 Å². The topological polar surface area (TPSA) is 15.3 Å². The van der Waals surface area contributed by atoms with Gasteiger partial charge in [0.25, 0.3) is 0 Å². The summed E-state index contributed by atoms with van der Waals surface area (Å²) < 4.78 is 0. The van der Waals surface area contributed by atoms with Crippen LogP contribution in [0.2, 0.25) is 0 Å². The minimum atomic E-state index is -0.183. The summed E-state index contributed by atoms with van der Waals surface area (Å²) in [5.74, 6) is 0. The second-order valence-corrected chi connectivity index (χ2v) is 14.9. The van der Waals surface area contributed by atoms with E-state index in [2.05, 4.69) is 190 Å². The number of allylic oxidation sites excluding steroid dienone is 4. The third-order valence-corrected chi connectivity index (χ3v) is 10.9. The van der Waals surface area contributed by atoms with Gasteiger partial charge in [-0.15, -0.1) is 0 Å². The van der Waals surface area contributed by atoms with E-state index in [4.69, 9.17) is 0 Å². The predicted molar refractivity (Wildman–Crippen MR) is 221 cm³/mol. The van der Waals surface area contributed by atoms with Gasteiger partial charge in [0.1, 0.15) is 0 Å². The van der Waals surface area contributed by atoms with Gasteiger partial charge in [0.05, 0.1) is 0 Å². The van der Waals surface area contributed by atoms with Crippen molar-refractivity contribution in [2.24, 2.45) is 0 Å². The lowest BCUT2D eigenvalue weighted by Gasteiger charge is -2.33.